The van der Waals surface area contributed by atoms with Crippen LogP contribution >= 0.6 is 0 Å². The van der Waals surface area contributed by atoms with Crippen molar-refractivity contribution < 1.29 is 4.74 Å². The van der Waals surface area contributed by atoms with E-state index < -0.39 is 0 Å². The lowest BCUT2D eigenvalue weighted by molar-refractivity contribution is 0.236. The van der Waals surface area contributed by atoms with Crippen LogP contribution in [0.25, 0.3) is 0 Å². The Morgan fingerprint density at radius 2 is 1.88 bits per heavy atom. The molecule has 0 aromatic heterocycles. The molecule has 0 heterocycles. The number of benzene rings is 1. The summed E-state index contributed by atoms with van der Waals surface area (Å²) in [6.45, 7) is 5.98. The van der Waals surface area contributed by atoms with Crippen LogP contribution in [0.5, 0.6) is 5.75 Å². The molecule has 0 spiro atoms. The summed E-state index contributed by atoms with van der Waals surface area (Å²) < 4.78 is 5.68. The van der Waals surface area contributed by atoms with Crippen LogP contribution in [0.15, 0.2) is 24.3 Å². The van der Waals surface area contributed by atoms with Gasteiger partial charge in [-0.3, -0.25) is 0 Å². The molecule has 1 aromatic rings. The Morgan fingerprint density at radius 1 is 1.18 bits per heavy atom. The molecule has 1 rings (SSSR count). The first-order valence-electron chi connectivity index (χ1n) is 6.25. The summed E-state index contributed by atoms with van der Waals surface area (Å²) in [5.41, 5.74) is 1.27. The highest BCUT2D eigenvalue weighted by atomic mass is 16.5. The van der Waals surface area contributed by atoms with Crippen molar-refractivity contribution in [3.8, 4) is 5.75 Å². The number of hydrogen-bond donors (Lipinski definition) is 1. The number of hydrogen-bond acceptors (Lipinski definition) is 3. The van der Waals surface area contributed by atoms with E-state index in [1.807, 2.05) is 19.2 Å². The molecular formula is C14H24N2O. The van der Waals surface area contributed by atoms with Crippen molar-refractivity contribution in [2.24, 2.45) is 0 Å². The van der Waals surface area contributed by atoms with Crippen molar-refractivity contribution in [2.45, 2.75) is 13.3 Å². The maximum Gasteiger partial charge on any atom is 0.119 e. The molecule has 0 aliphatic rings. The summed E-state index contributed by atoms with van der Waals surface area (Å²) in [7, 11) is 4.12. The van der Waals surface area contributed by atoms with E-state index in [-0.39, 0.29) is 0 Å². The second-order valence-corrected chi connectivity index (χ2v) is 4.42. The minimum Gasteiger partial charge on any atom is -0.492 e. The Hall–Kier alpha value is -1.06. The molecule has 3 nitrogen and oxygen atoms in total. The predicted octanol–water partition coefficient (Wildman–Crippen LogP) is 1.92. The summed E-state index contributed by atoms with van der Waals surface area (Å²) >= 11 is 0. The van der Waals surface area contributed by atoms with Gasteiger partial charge in [0.15, 0.2) is 0 Å². The Morgan fingerprint density at radius 3 is 2.53 bits per heavy atom. The number of nitrogens with zero attached hydrogens (tertiary/aromatic N) is 1. The van der Waals surface area contributed by atoms with Crippen molar-refractivity contribution in [1.29, 1.82) is 0 Å². The van der Waals surface area contributed by atoms with Gasteiger partial charge in [-0.1, -0.05) is 17.7 Å². The normalized spacial score (nSPS) is 10.8. The Kier molecular flexibility index (Phi) is 6.67. The van der Waals surface area contributed by atoms with E-state index in [1.54, 1.807) is 0 Å². The van der Waals surface area contributed by atoms with Crippen LogP contribution in [-0.4, -0.2) is 45.2 Å². The average Bonchev–Trinajstić information content (AvgIpc) is 2.32. The lowest BCUT2D eigenvalue weighted by Crippen LogP contribution is -2.27. The zero-order valence-electron chi connectivity index (χ0n) is 11.2. The highest BCUT2D eigenvalue weighted by Crippen LogP contribution is 2.10. The Labute approximate surface area is 105 Å². The third kappa shape index (κ3) is 6.29. The van der Waals surface area contributed by atoms with Gasteiger partial charge < -0.3 is 15.0 Å². The maximum absolute atomic E-state index is 5.68. The van der Waals surface area contributed by atoms with Gasteiger partial charge in [-0.2, -0.15) is 0 Å². The summed E-state index contributed by atoms with van der Waals surface area (Å²) in [5.74, 6) is 0.958. The van der Waals surface area contributed by atoms with Crippen LogP contribution in [0.3, 0.4) is 0 Å². The molecule has 0 saturated carbocycles. The molecule has 0 bridgehead atoms. The van der Waals surface area contributed by atoms with E-state index in [1.165, 1.54) is 12.0 Å². The summed E-state index contributed by atoms with van der Waals surface area (Å²) in [6.07, 6.45) is 1.18. The third-order valence-corrected chi connectivity index (χ3v) is 2.73. The largest absolute Gasteiger partial charge is 0.492 e. The minimum atomic E-state index is 0.749. The summed E-state index contributed by atoms with van der Waals surface area (Å²) in [4.78, 5) is 2.30. The molecule has 0 atom stereocenters. The van der Waals surface area contributed by atoms with E-state index in [2.05, 4.69) is 36.3 Å². The molecule has 0 radical (unpaired) electrons. The Bertz CT molecular complexity index is 298. The molecule has 1 aromatic carbocycles. The summed E-state index contributed by atoms with van der Waals surface area (Å²) in [6, 6.07) is 8.20. The number of nitrogens with one attached hydrogen (secondary N) is 1. The lowest BCUT2D eigenvalue weighted by atomic mass is 10.2. The van der Waals surface area contributed by atoms with E-state index in [4.69, 9.17) is 4.74 Å². The molecule has 0 aliphatic carbocycles. The zero-order valence-corrected chi connectivity index (χ0v) is 11.2. The maximum atomic E-state index is 5.68. The first-order chi connectivity index (χ1) is 8.22. The lowest BCUT2D eigenvalue weighted by Gasteiger charge is -2.16. The second-order valence-electron chi connectivity index (χ2n) is 4.42. The van der Waals surface area contributed by atoms with Crippen LogP contribution in [0.1, 0.15) is 12.0 Å². The SMILES string of the molecule is CNCCCN(C)CCOc1ccc(C)cc1. The zero-order chi connectivity index (χ0) is 12.5. The van der Waals surface area contributed by atoms with Gasteiger partial charge in [-0.15, -0.1) is 0 Å². The third-order valence-electron chi connectivity index (χ3n) is 2.73. The van der Waals surface area contributed by atoms with Gasteiger partial charge in [-0.25, -0.2) is 0 Å². The molecule has 0 saturated heterocycles. The van der Waals surface area contributed by atoms with E-state index in [0.29, 0.717) is 0 Å². The van der Waals surface area contributed by atoms with Crippen molar-refractivity contribution in [2.75, 3.05) is 40.3 Å². The fourth-order valence-corrected chi connectivity index (χ4v) is 1.59. The van der Waals surface area contributed by atoms with Crippen LogP contribution in [0, 0.1) is 6.92 Å². The molecule has 1 N–H and O–H groups in total. The second kappa shape index (κ2) is 8.09. The first kappa shape index (κ1) is 14.0. The molecule has 0 fully saturated rings. The number of aryl methyl sites for hydroxylation is 1. The summed E-state index contributed by atoms with van der Waals surface area (Å²) in [5, 5.41) is 3.15. The highest BCUT2D eigenvalue weighted by molar-refractivity contribution is 5.26. The fourth-order valence-electron chi connectivity index (χ4n) is 1.59. The molecule has 3 heteroatoms. The molecule has 17 heavy (non-hydrogen) atoms. The van der Waals surface area contributed by atoms with Crippen molar-refractivity contribution in [1.82, 2.24) is 10.2 Å². The van der Waals surface area contributed by atoms with Gasteiger partial charge in [-0.05, 0) is 52.7 Å². The van der Waals surface area contributed by atoms with E-state index >= 15 is 0 Å². The van der Waals surface area contributed by atoms with E-state index in [0.717, 1.165) is 32.0 Å². The van der Waals surface area contributed by atoms with Gasteiger partial charge in [0.25, 0.3) is 0 Å². The number of ether oxygens (including phenoxy) is 1. The molecule has 0 amide bonds. The molecule has 0 unspecified atom stereocenters. The quantitative estimate of drug-likeness (QED) is 0.698. The minimum absolute atomic E-state index is 0.749. The Balaban J connectivity index is 2.12. The van der Waals surface area contributed by atoms with Crippen molar-refractivity contribution >= 4 is 0 Å². The van der Waals surface area contributed by atoms with Crippen LogP contribution in [0.4, 0.5) is 0 Å². The van der Waals surface area contributed by atoms with Crippen molar-refractivity contribution in [3.05, 3.63) is 29.8 Å². The average molecular weight is 236 g/mol. The van der Waals surface area contributed by atoms with Crippen LogP contribution in [-0.2, 0) is 0 Å². The van der Waals surface area contributed by atoms with Crippen molar-refractivity contribution in [3.63, 3.8) is 0 Å². The molecule has 0 aliphatic heterocycles. The smallest absolute Gasteiger partial charge is 0.119 e. The van der Waals surface area contributed by atoms with Gasteiger partial charge in [0.1, 0.15) is 12.4 Å². The van der Waals surface area contributed by atoms with Gasteiger partial charge >= 0.3 is 0 Å². The first-order valence-corrected chi connectivity index (χ1v) is 6.25. The van der Waals surface area contributed by atoms with Gasteiger partial charge in [0.05, 0.1) is 0 Å². The molecular weight excluding hydrogens is 212 g/mol. The monoisotopic (exact) mass is 236 g/mol. The van der Waals surface area contributed by atoms with Gasteiger partial charge in [0, 0.05) is 6.54 Å². The standard InChI is InChI=1S/C14H24N2O/c1-13-5-7-14(8-6-13)17-12-11-16(3)10-4-9-15-2/h5-8,15H,4,9-12H2,1-3H3. The number of rotatable bonds is 8. The van der Waals surface area contributed by atoms with E-state index in [9.17, 15) is 0 Å². The molecule has 96 valence electrons. The topological polar surface area (TPSA) is 24.5 Å². The highest BCUT2D eigenvalue weighted by Gasteiger charge is 1.98. The van der Waals surface area contributed by atoms with Gasteiger partial charge in [0.2, 0.25) is 0 Å². The van der Waals surface area contributed by atoms with Crippen LogP contribution < -0.4 is 10.1 Å². The van der Waals surface area contributed by atoms with Crippen LogP contribution in [0.2, 0.25) is 0 Å². The number of likely N-dealkylation sites (N-methyl/N-ethyl adjacent to an activating group) is 1. The predicted molar refractivity (Wildman–Crippen MR) is 72.7 cm³/mol. The fraction of sp³-hybridized carbons (Fsp3) is 0.571.